The maximum absolute atomic E-state index is 13.0. The summed E-state index contributed by atoms with van der Waals surface area (Å²) < 4.78 is 18.6. The highest BCUT2D eigenvalue weighted by atomic mass is 32.2. The number of carboxylic acid groups (broad SMARTS) is 1. The molecule has 210 valence electrons. The van der Waals surface area contributed by atoms with E-state index in [4.69, 9.17) is 10.2 Å². The summed E-state index contributed by atoms with van der Waals surface area (Å²) in [6.07, 6.45) is 18.0. The summed E-state index contributed by atoms with van der Waals surface area (Å²) in [5, 5.41) is 9.28. The Balaban J connectivity index is 0.000000391. The maximum Gasteiger partial charge on any atom is 0.334 e. The van der Waals surface area contributed by atoms with E-state index in [1.807, 2.05) is 30.2 Å². The van der Waals surface area contributed by atoms with E-state index >= 15 is 0 Å². The number of hydrogen-bond donors (Lipinski definition) is 2. The maximum atomic E-state index is 13.0. The number of unbranched alkanes of at least 4 members (excludes halogenated alkanes) is 7. The van der Waals surface area contributed by atoms with Crippen molar-refractivity contribution in [1.29, 1.82) is 0 Å². The van der Waals surface area contributed by atoms with Gasteiger partial charge in [0.2, 0.25) is 0 Å². The lowest BCUT2D eigenvalue weighted by molar-refractivity contribution is -0.133. The van der Waals surface area contributed by atoms with Gasteiger partial charge in [0, 0.05) is 6.20 Å². The third-order valence-electron chi connectivity index (χ3n) is 6.36. The van der Waals surface area contributed by atoms with Crippen LogP contribution in [-0.2, 0) is 17.8 Å². The topological polar surface area (TPSA) is 79.7 Å². The lowest BCUT2D eigenvalue weighted by atomic mass is 10.1. The van der Waals surface area contributed by atoms with Gasteiger partial charge in [0.05, 0.1) is 12.1 Å². The zero-order valence-electron chi connectivity index (χ0n) is 23.0. The standard InChI is InChI=1S/C21H22FNO3S.C10H23N/c1-15-6-11-18(26-15)14-23-12-2-5-19(21(24)25)20(23)27-13-3-4-16-7-9-17(22)10-8-16;1-2-3-4-5-6-7-8-9-10-11/h2,5-12,20H,3-4,13-14H2,1H3,(H,24,25);2-11H2,1H3. The molecule has 1 aromatic heterocycles. The van der Waals surface area contributed by atoms with Crippen molar-refractivity contribution in [3.63, 3.8) is 0 Å². The first-order chi connectivity index (χ1) is 18.4. The summed E-state index contributed by atoms with van der Waals surface area (Å²) in [7, 11) is 0. The minimum atomic E-state index is -0.906. The molecule has 1 aliphatic heterocycles. The van der Waals surface area contributed by atoms with Gasteiger partial charge in [-0.15, -0.1) is 11.8 Å². The van der Waals surface area contributed by atoms with Crippen LogP contribution in [0, 0.1) is 12.7 Å². The van der Waals surface area contributed by atoms with Gasteiger partial charge >= 0.3 is 5.97 Å². The van der Waals surface area contributed by atoms with Gasteiger partial charge in [-0.2, -0.15) is 0 Å². The zero-order valence-corrected chi connectivity index (χ0v) is 23.9. The highest BCUT2D eigenvalue weighted by molar-refractivity contribution is 8.00. The van der Waals surface area contributed by atoms with Gasteiger partial charge < -0.3 is 20.2 Å². The lowest BCUT2D eigenvalue weighted by Crippen LogP contribution is -2.34. The van der Waals surface area contributed by atoms with Gasteiger partial charge in [-0.05, 0) is 80.5 Å². The van der Waals surface area contributed by atoms with Crippen LogP contribution in [0.1, 0.15) is 81.8 Å². The monoisotopic (exact) mass is 544 g/mol. The molecule has 3 rings (SSSR count). The minimum Gasteiger partial charge on any atom is -0.478 e. The quantitative estimate of drug-likeness (QED) is 0.210. The molecule has 0 bridgehead atoms. The number of aliphatic carboxylic acids is 1. The van der Waals surface area contributed by atoms with E-state index in [9.17, 15) is 14.3 Å². The van der Waals surface area contributed by atoms with E-state index < -0.39 is 5.97 Å². The molecule has 1 aliphatic rings. The van der Waals surface area contributed by atoms with Crippen LogP contribution < -0.4 is 5.73 Å². The van der Waals surface area contributed by atoms with Crippen LogP contribution in [0.25, 0.3) is 0 Å². The molecule has 0 amide bonds. The van der Waals surface area contributed by atoms with Crippen LogP contribution in [0.5, 0.6) is 0 Å². The second-order valence-electron chi connectivity index (χ2n) is 9.67. The van der Waals surface area contributed by atoms with Gasteiger partial charge in [0.1, 0.15) is 22.7 Å². The van der Waals surface area contributed by atoms with Crippen LogP contribution in [0.2, 0.25) is 0 Å². The van der Waals surface area contributed by atoms with E-state index in [0.29, 0.717) is 12.1 Å². The molecule has 0 saturated heterocycles. The molecule has 3 N–H and O–H groups in total. The number of thioether (sulfide) groups is 1. The summed E-state index contributed by atoms with van der Waals surface area (Å²) >= 11 is 1.60. The predicted molar refractivity (Wildman–Crippen MR) is 156 cm³/mol. The highest BCUT2D eigenvalue weighted by Crippen LogP contribution is 2.30. The molecule has 38 heavy (non-hydrogen) atoms. The molecule has 5 nitrogen and oxygen atoms in total. The Bertz CT molecular complexity index is 979. The molecule has 0 fully saturated rings. The summed E-state index contributed by atoms with van der Waals surface area (Å²) in [5.41, 5.74) is 6.84. The van der Waals surface area contributed by atoms with Crippen molar-refractivity contribution in [1.82, 2.24) is 4.90 Å². The number of allylic oxidation sites excluding steroid dienone is 2. The van der Waals surface area contributed by atoms with Crippen molar-refractivity contribution in [2.75, 3.05) is 12.3 Å². The zero-order chi connectivity index (χ0) is 27.6. The molecule has 7 heteroatoms. The number of carboxylic acids is 1. The molecule has 1 atom stereocenters. The summed E-state index contributed by atoms with van der Waals surface area (Å²) in [5.74, 6) is 1.30. The Morgan fingerprint density at radius 1 is 1.03 bits per heavy atom. The average Bonchev–Trinajstić information content (AvgIpc) is 3.32. The van der Waals surface area contributed by atoms with Crippen LogP contribution >= 0.6 is 11.8 Å². The van der Waals surface area contributed by atoms with E-state index in [2.05, 4.69) is 6.92 Å². The average molecular weight is 545 g/mol. The van der Waals surface area contributed by atoms with Gasteiger partial charge in [0.15, 0.2) is 0 Å². The number of halogens is 1. The molecule has 0 saturated carbocycles. The predicted octanol–water partition coefficient (Wildman–Crippen LogP) is 7.85. The van der Waals surface area contributed by atoms with Crippen molar-refractivity contribution >= 4 is 17.7 Å². The fourth-order valence-electron chi connectivity index (χ4n) is 4.25. The number of aryl methyl sites for hydroxylation is 2. The molecule has 2 aromatic rings. The molecule has 0 radical (unpaired) electrons. The third kappa shape index (κ3) is 12.4. The van der Waals surface area contributed by atoms with Gasteiger partial charge in [-0.1, -0.05) is 64.0 Å². The SMILES string of the molecule is CCCCCCCCCCN.Cc1ccc(CN2C=CC=C(C(=O)O)C2SCCCc2ccc(F)cc2)o1. The van der Waals surface area contributed by atoms with E-state index in [0.717, 1.165) is 42.2 Å². The molecule has 0 aliphatic carbocycles. The molecule has 1 aromatic carbocycles. The summed E-state index contributed by atoms with van der Waals surface area (Å²) in [6.45, 7) is 5.54. The van der Waals surface area contributed by atoms with Gasteiger partial charge in [0.25, 0.3) is 0 Å². The Hall–Kier alpha value is -2.51. The Labute approximate surface area is 232 Å². The molecule has 2 heterocycles. The largest absolute Gasteiger partial charge is 0.478 e. The van der Waals surface area contributed by atoms with Crippen molar-refractivity contribution < 1.29 is 18.7 Å². The Kier molecular flexibility index (Phi) is 15.6. The van der Waals surface area contributed by atoms with Crippen LogP contribution in [0.15, 0.2) is 64.7 Å². The molecular weight excluding hydrogens is 499 g/mol. The fraction of sp³-hybridized carbons (Fsp3) is 0.516. The molecule has 1 unspecified atom stereocenters. The third-order valence-corrected chi connectivity index (χ3v) is 7.72. The molecule has 0 spiro atoms. The van der Waals surface area contributed by atoms with Gasteiger partial charge in [-0.3, -0.25) is 0 Å². The first-order valence-corrected chi connectivity index (χ1v) is 15.0. The van der Waals surface area contributed by atoms with E-state index in [-0.39, 0.29) is 11.2 Å². The van der Waals surface area contributed by atoms with Crippen LogP contribution in [0.3, 0.4) is 0 Å². The van der Waals surface area contributed by atoms with Crippen LogP contribution in [0.4, 0.5) is 4.39 Å². The number of rotatable bonds is 16. The van der Waals surface area contributed by atoms with E-state index in [1.165, 1.54) is 63.5 Å². The van der Waals surface area contributed by atoms with Gasteiger partial charge in [-0.25, -0.2) is 9.18 Å². The number of carbonyl (C=O) groups is 1. The fourth-order valence-corrected chi connectivity index (χ4v) is 5.47. The first-order valence-electron chi connectivity index (χ1n) is 13.9. The number of furan rings is 1. The number of nitrogens with zero attached hydrogens (tertiary/aromatic N) is 1. The van der Waals surface area contributed by atoms with Crippen molar-refractivity contribution in [3.8, 4) is 0 Å². The summed E-state index contributed by atoms with van der Waals surface area (Å²) in [6, 6.07) is 10.3. The molecular formula is C31H45FN2O3S. The Morgan fingerprint density at radius 2 is 1.71 bits per heavy atom. The highest BCUT2D eigenvalue weighted by Gasteiger charge is 2.28. The van der Waals surface area contributed by atoms with Crippen LogP contribution in [-0.4, -0.2) is 33.6 Å². The number of hydrogen-bond acceptors (Lipinski definition) is 5. The summed E-state index contributed by atoms with van der Waals surface area (Å²) in [4.78, 5) is 13.6. The van der Waals surface area contributed by atoms with E-state index in [1.54, 1.807) is 36.0 Å². The van der Waals surface area contributed by atoms with Crippen molar-refractivity contribution in [2.24, 2.45) is 5.73 Å². The second-order valence-corrected chi connectivity index (χ2v) is 10.9. The second kappa shape index (κ2) is 18.7. The number of nitrogens with two attached hydrogens (primary N) is 1. The Morgan fingerprint density at radius 3 is 2.32 bits per heavy atom. The smallest absolute Gasteiger partial charge is 0.334 e. The number of benzene rings is 1. The normalized spacial score (nSPS) is 14.7. The lowest BCUT2D eigenvalue weighted by Gasteiger charge is -2.32. The van der Waals surface area contributed by atoms with Crippen molar-refractivity contribution in [3.05, 3.63) is 83.2 Å². The minimum absolute atomic E-state index is 0.234. The van der Waals surface area contributed by atoms with Crippen molar-refractivity contribution in [2.45, 2.75) is 90.0 Å². The first kappa shape index (κ1) is 31.7.